The monoisotopic (exact) mass is 334 g/mol. The van der Waals surface area contributed by atoms with Gasteiger partial charge >= 0.3 is 0 Å². The van der Waals surface area contributed by atoms with Crippen LogP contribution < -0.4 is 5.32 Å². The molecule has 1 fully saturated rings. The average molecular weight is 335 g/mol. The lowest BCUT2D eigenvalue weighted by Gasteiger charge is -2.37. The molecule has 0 unspecified atom stereocenters. The molecule has 1 N–H and O–H groups in total. The van der Waals surface area contributed by atoms with E-state index in [4.69, 9.17) is 0 Å². The number of nitriles is 1. The first-order valence-electron chi connectivity index (χ1n) is 7.36. The number of hydrogen-bond acceptors (Lipinski definition) is 2. The zero-order valence-electron chi connectivity index (χ0n) is 12.5. The van der Waals surface area contributed by atoms with Gasteiger partial charge in [0.15, 0.2) is 0 Å². The van der Waals surface area contributed by atoms with Crippen LogP contribution in [0, 0.1) is 22.7 Å². The van der Waals surface area contributed by atoms with Gasteiger partial charge in [-0.3, -0.25) is 0 Å². The molecule has 0 spiro atoms. The molecule has 0 amide bonds. The summed E-state index contributed by atoms with van der Waals surface area (Å²) in [5.74, 6) is 0.818. The third kappa shape index (κ3) is 3.76. The van der Waals surface area contributed by atoms with E-state index >= 15 is 0 Å². The van der Waals surface area contributed by atoms with Crippen LogP contribution in [0.4, 0.5) is 5.69 Å². The van der Waals surface area contributed by atoms with Crippen LogP contribution in [-0.4, -0.2) is 6.04 Å². The zero-order chi connectivity index (χ0) is 14.8. The molecule has 2 rings (SSSR count). The van der Waals surface area contributed by atoms with E-state index in [1.807, 2.05) is 18.2 Å². The summed E-state index contributed by atoms with van der Waals surface area (Å²) in [6.07, 6.45) is 4.94. The minimum atomic E-state index is 0.415. The van der Waals surface area contributed by atoms with Crippen LogP contribution in [0.2, 0.25) is 0 Å². The first kappa shape index (κ1) is 15.4. The first-order chi connectivity index (χ1) is 9.40. The molecule has 0 atom stereocenters. The van der Waals surface area contributed by atoms with E-state index in [0.717, 1.165) is 21.6 Å². The van der Waals surface area contributed by atoms with E-state index in [1.165, 1.54) is 25.7 Å². The number of nitrogens with zero attached hydrogens (tertiary/aromatic N) is 1. The molecule has 20 heavy (non-hydrogen) atoms. The summed E-state index contributed by atoms with van der Waals surface area (Å²) < 4.78 is 1.02. The normalized spacial score (nSPS) is 23.1. The van der Waals surface area contributed by atoms with Crippen molar-refractivity contribution >= 4 is 21.6 Å². The lowest BCUT2D eigenvalue weighted by Crippen LogP contribution is -2.31. The van der Waals surface area contributed by atoms with Crippen molar-refractivity contribution in [3.8, 4) is 6.07 Å². The minimum Gasteiger partial charge on any atom is -0.381 e. The van der Waals surface area contributed by atoms with Gasteiger partial charge in [0.05, 0.1) is 11.3 Å². The molecule has 108 valence electrons. The van der Waals surface area contributed by atoms with E-state index in [9.17, 15) is 5.26 Å². The van der Waals surface area contributed by atoms with Gasteiger partial charge in [-0.05, 0) is 55.2 Å². The highest BCUT2D eigenvalue weighted by atomic mass is 79.9. The number of halogens is 1. The molecule has 2 nitrogen and oxygen atoms in total. The van der Waals surface area contributed by atoms with Gasteiger partial charge in [0.1, 0.15) is 6.07 Å². The summed E-state index contributed by atoms with van der Waals surface area (Å²) in [4.78, 5) is 0. The standard InChI is InChI=1S/C17H23BrN2/c1-17(2,3)13-5-8-15(9-6-13)20-16-10-14(18)7-4-12(16)11-19/h4,7,10,13,15,20H,5-6,8-9H2,1-3H3. The van der Waals surface area contributed by atoms with Gasteiger partial charge < -0.3 is 5.32 Å². The van der Waals surface area contributed by atoms with E-state index < -0.39 is 0 Å². The second-order valence-corrected chi connectivity index (χ2v) is 7.78. The van der Waals surface area contributed by atoms with E-state index in [0.29, 0.717) is 11.5 Å². The molecule has 0 bridgehead atoms. The van der Waals surface area contributed by atoms with E-state index in [2.05, 4.69) is 48.1 Å². The highest BCUT2D eigenvalue weighted by molar-refractivity contribution is 9.10. The van der Waals surface area contributed by atoms with Crippen LogP contribution in [0.1, 0.15) is 52.0 Å². The van der Waals surface area contributed by atoms with Crippen molar-refractivity contribution in [3.05, 3.63) is 28.2 Å². The molecule has 1 aromatic rings. The maximum Gasteiger partial charge on any atom is 0.101 e. The number of benzene rings is 1. The molecule has 1 saturated carbocycles. The molecular weight excluding hydrogens is 312 g/mol. The molecular formula is C17H23BrN2. The van der Waals surface area contributed by atoms with Gasteiger partial charge in [0.2, 0.25) is 0 Å². The van der Waals surface area contributed by atoms with Gasteiger partial charge in [-0.15, -0.1) is 0 Å². The first-order valence-corrected chi connectivity index (χ1v) is 8.15. The fraction of sp³-hybridized carbons (Fsp3) is 0.588. The van der Waals surface area contributed by atoms with Crippen molar-refractivity contribution in [3.63, 3.8) is 0 Å². The summed E-state index contributed by atoms with van der Waals surface area (Å²) in [5.41, 5.74) is 2.10. The molecule has 0 saturated heterocycles. The number of rotatable bonds is 2. The van der Waals surface area contributed by atoms with Crippen LogP contribution in [0.25, 0.3) is 0 Å². The molecule has 1 aromatic carbocycles. The predicted octanol–water partition coefficient (Wildman–Crippen LogP) is 5.34. The summed E-state index contributed by atoms with van der Waals surface area (Å²) in [7, 11) is 0. The lowest BCUT2D eigenvalue weighted by molar-refractivity contribution is 0.173. The van der Waals surface area contributed by atoms with Crippen LogP contribution in [0.15, 0.2) is 22.7 Å². The summed E-state index contributed by atoms with van der Waals surface area (Å²) in [6.45, 7) is 7.02. The quantitative estimate of drug-likeness (QED) is 0.792. The highest BCUT2D eigenvalue weighted by Crippen LogP contribution is 2.38. The highest BCUT2D eigenvalue weighted by Gasteiger charge is 2.29. The Labute approximate surface area is 130 Å². The molecule has 3 heteroatoms. The van der Waals surface area contributed by atoms with E-state index in [-0.39, 0.29) is 0 Å². The Morgan fingerprint density at radius 3 is 2.40 bits per heavy atom. The number of nitrogens with one attached hydrogen (secondary N) is 1. The van der Waals surface area contributed by atoms with Crippen molar-refractivity contribution in [2.45, 2.75) is 52.5 Å². The largest absolute Gasteiger partial charge is 0.381 e. The third-order valence-electron chi connectivity index (χ3n) is 4.41. The Hall–Kier alpha value is -1.01. The molecule has 0 radical (unpaired) electrons. The van der Waals surface area contributed by atoms with Gasteiger partial charge in [-0.25, -0.2) is 0 Å². The van der Waals surface area contributed by atoms with Crippen molar-refractivity contribution in [2.75, 3.05) is 5.32 Å². The van der Waals surface area contributed by atoms with Crippen molar-refractivity contribution < 1.29 is 0 Å². The predicted molar refractivity (Wildman–Crippen MR) is 87.7 cm³/mol. The summed E-state index contributed by atoms with van der Waals surface area (Å²) in [5, 5.41) is 12.7. The van der Waals surface area contributed by atoms with Crippen LogP contribution in [-0.2, 0) is 0 Å². The Bertz CT molecular complexity index is 503. The third-order valence-corrected chi connectivity index (χ3v) is 4.91. The smallest absolute Gasteiger partial charge is 0.101 e. The van der Waals surface area contributed by atoms with Gasteiger partial charge in [-0.1, -0.05) is 36.7 Å². The average Bonchev–Trinajstić information content (AvgIpc) is 2.38. The Kier molecular flexibility index (Phi) is 4.75. The lowest BCUT2D eigenvalue weighted by atomic mass is 9.71. The molecule has 1 aliphatic rings. The van der Waals surface area contributed by atoms with Crippen molar-refractivity contribution in [1.82, 2.24) is 0 Å². The van der Waals surface area contributed by atoms with Crippen molar-refractivity contribution in [1.29, 1.82) is 5.26 Å². The Balaban J connectivity index is 2.00. The van der Waals surface area contributed by atoms with Crippen molar-refractivity contribution in [2.24, 2.45) is 11.3 Å². The molecule has 1 aliphatic carbocycles. The minimum absolute atomic E-state index is 0.415. The number of anilines is 1. The maximum absolute atomic E-state index is 9.18. The maximum atomic E-state index is 9.18. The molecule has 0 heterocycles. The zero-order valence-corrected chi connectivity index (χ0v) is 14.1. The second-order valence-electron chi connectivity index (χ2n) is 6.86. The number of hydrogen-bond donors (Lipinski definition) is 1. The van der Waals surface area contributed by atoms with Crippen LogP contribution >= 0.6 is 15.9 Å². The summed E-state index contributed by atoms with van der Waals surface area (Å²) >= 11 is 3.48. The fourth-order valence-electron chi connectivity index (χ4n) is 3.06. The SMILES string of the molecule is CC(C)(C)C1CCC(Nc2cc(Br)ccc2C#N)CC1. The Morgan fingerprint density at radius 1 is 1.20 bits per heavy atom. The topological polar surface area (TPSA) is 35.8 Å². The Morgan fingerprint density at radius 2 is 1.85 bits per heavy atom. The molecule has 0 aromatic heterocycles. The second kappa shape index (κ2) is 6.18. The van der Waals surface area contributed by atoms with Gasteiger partial charge in [-0.2, -0.15) is 5.26 Å². The summed E-state index contributed by atoms with van der Waals surface area (Å²) in [6, 6.07) is 8.55. The van der Waals surface area contributed by atoms with Crippen LogP contribution in [0.3, 0.4) is 0 Å². The van der Waals surface area contributed by atoms with Gasteiger partial charge in [0, 0.05) is 10.5 Å². The van der Waals surface area contributed by atoms with E-state index in [1.54, 1.807) is 0 Å². The fourth-order valence-corrected chi connectivity index (χ4v) is 3.42. The van der Waals surface area contributed by atoms with Gasteiger partial charge in [0.25, 0.3) is 0 Å². The van der Waals surface area contributed by atoms with Crippen LogP contribution in [0.5, 0.6) is 0 Å². The molecule has 0 aliphatic heterocycles.